The number of aromatic nitrogens is 4. The number of thioether (sulfide) groups is 1. The topological polar surface area (TPSA) is 78.6 Å². The van der Waals surface area contributed by atoms with Crippen LogP contribution in [0.25, 0.3) is 5.78 Å². The van der Waals surface area contributed by atoms with E-state index in [1.807, 2.05) is 24.5 Å². The largest absolute Gasteiger partial charge is 0.497 e. The van der Waals surface area contributed by atoms with E-state index in [9.17, 15) is 4.79 Å². The number of hydrogen-bond donors (Lipinski definition) is 0. The van der Waals surface area contributed by atoms with Crippen molar-refractivity contribution < 1.29 is 14.3 Å². The van der Waals surface area contributed by atoms with Gasteiger partial charge in [-0.1, -0.05) is 17.8 Å². The van der Waals surface area contributed by atoms with Crippen molar-refractivity contribution in [2.45, 2.75) is 23.9 Å². The summed E-state index contributed by atoms with van der Waals surface area (Å²) in [5, 5.41) is 4.96. The van der Waals surface area contributed by atoms with Gasteiger partial charge in [-0.15, -0.1) is 5.10 Å². The first kappa shape index (κ1) is 16.8. The van der Waals surface area contributed by atoms with Crippen LogP contribution in [0.5, 0.6) is 11.5 Å². The van der Waals surface area contributed by atoms with Gasteiger partial charge in [0.05, 0.1) is 25.5 Å². The monoisotopic (exact) mass is 370 g/mol. The summed E-state index contributed by atoms with van der Waals surface area (Å²) in [4.78, 5) is 21.7. The van der Waals surface area contributed by atoms with Crippen LogP contribution in [0.4, 0.5) is 0 Å². The quantitative estimate of drug-likeness (QED) is 0.653. The van der Waals surface area contributed by atoms with E-state index in [1.165, 1.54) is 11.8 Å². The van der Waals surface area contributed by atoms with Crippen molar-refractivity contribution in [1.29, 1.82) is 0 Å². The first-order valence-corrected chi connectivity index (χ1v) is 9.40. The highest BCUT2D eigenvalue weighted by atomic mass is 32.2. The fourth-order valence-electron chi connectivity index (χ4n) is 3.33. The molecule has 0 bridgehead atoms. The molecule has 0 aliphatic heterocycles. The van der Waals surface area contributed by atoms with E-state index < -0.39 is 0 Å². The molecule has 2 heterocycles. The molecule has 4 rings (SSSR count). The zero-order valence-corrected chi connectivity index (χ0v) is 15.5. The molecule has 0 fully saturated rings. The summed E-state index contributed by atoms with van der Waals surface area (Å²) < 4.78 is 12.3. The lowest BCUT2D eigenvalue weighted by molar-refractivity contribution is 0.0962. The number of rotatable bonds is 4. The fraction of sp³-hybridized carbons (Fsp3) is 0.333. The van der Waals surface area contributed by atoms with Crippen LogP contribution >= 0.6 is 11.8 Å². The maximum absolute atomic E-state index is 12.7. The molecule has 2 aromatic heterocycles. The highest BCUT2D eigenvalue weighted by Crippen LogP contribution is 2.38. The molecule has 3 aromatic rings. The molecule has 1 aliphatic rings. The van der Waals surface area contributed by atoms with Gasteiger partial charge in [0, 0.05) is 24.6 Å². The first-order chi connectivity index (χ1) is 12.6. The highest BCUT2D eigenvalue weighted by Gasteiger charge is 2.30. The van der Waals surface area contributed by atoms with Gasteiger partial charge >= 0.3 is 0 Å². The Bertz CT molecular complexity index is 1000. The van der Waals surface area contributed by atoms with E-state index in [1.54, 1.807) is 24.9 Å². The summed E-state index contributed by atoms with van der Waals surface area (Å²) in [7, 11) is 3.24. The van der Waals surface area contributed by atoms with Gasteiger partial charge in [0.15, 0.2) is 5.78 Å². The number of carbonyl (C=O) groups excluding carboxylic acids is 1. The minimum absolute atomic E-state index is 0.00810. The van der Waals surface area contributed by atoms with Crippen LogP contribution in [0.3, 0.4) is 0 Å². The summed E-state index contributed by atoms with van der Waals surface area (Å²) in [6.07, 6.45) is 4.72. The Balaban J connectivity index is 1.74. The van der Waals surface area contributed by atoms with Crippen LogP contribution in [-0.2, 0) is 6.42 Å². The lowest BCUT2D eigenvalue weighted by Gasteiger charge is -2.24. The second-order valence-electron chi connectivity index (χ2n) is 6.08. The van der Waals surface area contributed by atoms with Crippen LogP contribution in [0, 0.1) is 0 Å². The molecule has 0 N–H and O–H groups in total. The molecule has 1 unspecified atom stereocenters. The lowest BCUT2D eigenvalue weighted by Crippen LogP contribution is -2.21. The average molecular weight is 370 g/mol. The van der Waals surface area contributed by atoms with Crippen LogP contribution in [-0.4, -0.2) is 45.8 Å². The number of methoxy groups -OCH3 is 2. The molecule has 7 nitrogen and oxygen atoms in total. The summed E-state index contributed by atoms with van der Waals surface area (Å²) >= 11 is 1.45. The number of ketones is 1. The predicted molar refractivity (Wildman–Crippen MR) is 97.5 cm³/mol. The molecular formula is C18H18N4O3S. The van der Waals surface area contributed by atoms with Crippen molar-refractivity contribution in [3.63, 3.8) is 0 Å². The fourth-order valence-corrected chi connectivity index (χ4v) is 3.67. The highest BCUT2D eigenvalue weighted by molar-refractivity contribution is 7.98. The van der Waals surface area contributed by atoms with Gasteiger partial charge in [0.2, 0.25) is 5.16 Å². The second-order valence-corrected chi connectivity index (χ2v) is 6.85. The smallest absolute Gasteiger partial charge is 0.253 e. The second kappa shape index (κ2) is 6.60. The minimum atomic E-state index is 0.00810. The molecule has 134 valence electrons. The van der Waals surface area contributed by atoms with Gasteiger partial charge in [-0.05, 0) is 24.3 Å². The van der Waals surface area contributed by atoms with E-state index in [0.717, 1.165) is 22.8 Å². The molecule has 0 radical (unpaired) electrons. The van der Waals surface area contributed by atoms with E-state index in [-0.39, 0.29) is 11.7 Å². The zero-order valence-electron chi connectivity index (χ0n) is 14.7. The Kier molecular flexibility index (Phi) is 4.28. The van der Waals surface area contributed by atoms with Crippen molar-refractivity contribution >= 4 is 23.3 Å². The van der Waals surface area contributed by atoms with E-state index >= 15 is 0 Å². The summed E-state index contributed by atoms with van der Waals surface area (Å²) in [6.45, 7) is 0. The maximum Gasteiger partial charge on any atom is 0.253 e. The number of Topliss-reactive ketones (excluding diaryl/α,β-unsaturated/α-hetero) is 1. The Morgan fingerprint density at radius 3 is 2.77 bits per heavy atom. The Hall–Kier alpha value is -2.61. The molecule has 1 atom stereocenters. The van der Waals surface area contributed by atoms with Crippen molar-refractivity contribution in [2.75, 3.05) is 20.5 Å². The van der Waals surface area contributed by atoms with Crippen molar-refractivity contribution in [3.8, 4) is 11.5 Å². The van der Waals surface area contributed by atoms with Gasteiger partial charge in [-0.2, -0.15) is 4.98 Å². The number of hydrogen-bond acceptors (Lipinski definition) is 7. The molecule has 0 saturated heterocycles. The van der Waals surface area contributed by atoms with Crippen molar-refractivity contribution in [3.05, 3.63) is 41.2 Å². The standard InChI is InChI=1S/C18H18N4O3S/c1-24-11-4-5-12(16(8-11)25-2)10-6-14-13(15(23)7-10)9-22-17(19-14)20-18(21-22)26-3/h4-5,8-10H,6-7H2,1-3H3. The third-order valence-corrected chi connectivity index (χ3v) is 5.16. The minimum Gasteiger partial charge on any atom is -0.497 e. The third kappa shape index (κ3) is 2.80. The normalized spacial score (nSPS) is 16.6. The zero-order chi connectivity index (χ0) is 18.3. The van der Waals surface area contributed by atoms with Gasteiger partial charge in [-0.25, -0.2) is 9.50 Å². The van der Waals surface area contributed by atoms with Crippen LogP contribution in [0.15, 0.2) is 29.6 Å². The Morgan fingerprint density at radius 1 is 1.19 bits per heavy atom. The number of benzene rings is 1. The lowest BCUT2D eigenvalue weighted by atomic mass is 9.82. The van der Waals surface area contributed by atoms with Crippen LogP contribution < -0.4 is 9.47 Å². The molecular weight excluding hydrogens is 352 g/mol. The van der Waals surface area contributed by atoms with E-state index in [4.69, 9.17) is 9.47 Å². The third-order valence-electron chi connectivity index (χ3n) is 4.63. The molecule has 0 amide bonds. The van der Waals surface area contributed by atoms with Crippen molar-refractivity contribution in [1.82, 2.24) is 19.6 Å². The van der Waals surface area contributed by atoms with Gasteiger partial charge in [0.1, 0.15) is 11.5 Å². The van der Waals surface area contributed by atoms with E-state index in [2.05, 4.69) is 15.1 Å². The van der Waals surface area contributed by atoms with Gasteiger partial charge in [-0.3, -0.25) is 4.79 Å². The Labute approximate surface area is 154 Å². The average Bonchev–Trinajstić information content (AvgIpc) is 3.08. The predicted octanol–water partition coefficient (Wildman–Crippen LogP) is 2.78. The van der Waals surface area contributed by atoms with Crippen LogP contribution in [0.1, 0.15) is 34.0 Å². The molecule has 0 saturated carbocycles. The number of ether oxygens (including phenoxy) is 2. The molecule has 0 spiro atoms. The maximum atomic E-state index is 12.7. The van der Waals surface area contributed by atoms with Gasteiger partial charge in [0.25, 0.3) is 5.78 Å². The Morgan fingerprint density at radius 2 is 2.04 bits per heavy atom. The van der Waals surface area contributed by atoms with Crippen LogP contribution in [0.2, 0.25) is 0 Å². The number of fused-ring (bicyclic) bond motifs is 2. The summed E-state index contributed by atoms with van der Waals surface area (Å²) in [6, 6.07) is 5.69. The molecule has 1 aromatic carbocycles. The summed E-state index contributed by atoms with van der Waals surface area (Å²) in [5.74, 6) is 2.03. The van der Waals surface area contributed by atoms with Crippen molar-refractivity contribution in [2.24, 2.45) is 0 Å². The number of nitrogens with zero attached hydrogens (tertiary/aromatic N) is 4. The SMILES string of the molecule is COc1ccc(C2CC(=O)c3cn4nc(SC)nc4nc3C2)c(OC)c1. The molecule has 1 aliphatic carbocycles. The molecule has 8 heteroatoms. The summed E-state index contributed by atoms with van der Waals surface area (Å²) in [5.41, 5.74) is 2.37. The van der Waals surface area contributed by atoms with Gasteiger partial charge < -0.3 is 9.47 Å². The first-order valence-electron chi connectivity index (χ1n) is 8.18. The molecule has 26 heavy (non-hydrogen) atoms. The number of carbonyl (C=O) groups is 1. The van der Waals surface area contributed by atoms with E-state index in [0.29, 0.717) is 29.3 Å².